The Morgan fingerprint density at radius 2 is 1.88 bits per heavy atom. The van der Waals surface area contributed by atoms with Crippen LogP contribution in [-0.4, -0.2) is 28.2 Å². The molecule has 3 aromatic rings. The van der Waals surface area contributed by atoms with Crippen LogP contribution in [0, 0.1) is 17.3 Å². The molecule has 2 aromatic carbocycles. The highest BCUT2D eigenvalue weighted by Crippen LogP contribution is 2.56. The molecule has 222 valence electrons. The van der Waals surface area contributed by atoms with Crippen molar-refractivity contribution < 1.29 is 14.6 Å². The Kier molecular flexibility index (Phi) is 7.76. The van der Waals surface area contributed by atoms with Gasteiger partial charge in [0.15, 0.2) is 0 Å². The van der Waals surface area contributed by atoms with Gasteiger partial charge in [-0.1, -0.05) is 62.7 Å². The Hall–Kier alpha value is -3.05. The molecule has 0 radical (unpaired) electrons. The molecular formula is C36H43ClN2O3. The number of aromatic nitrogens is 1. The number of fused-ring (bicyclic) bond motifs is 3. The number of pyridine rings is 1. The first-order valence-corrected chi connectivity index (χ1v) is 15.9. The van der Waals surface area contributed by atoms with Crippen LogP contribution < -0.4 is 10.1 Å². The molecule has 6 heteroatoms. The maximum atomic E-state index is 12.7. The fraction of sp³-hybridized carbons (Fsp3) is 0.500. The zero-order valence-electron chi connectivity index (χ0n) is 25.1. The summed E-state index contributed by atoms with van der Waals surface area (Å²) in [5.41, 5.74) is 5.35. The number of rotatable bonds is 8. The summed E-state index contributed by atoms with van der Waals surface area (Å²) < 4.78 is 6.52. The molecule has 42 heavy (non-hydrogen) atoms. The number of anilines is 1. The third kappa shape index (κ3) is 5.53. The summed E-state index contributed by atoms with van der Waals surface area (Å²) in [5, 5.41) is 14.4. The number of benzene rings is 2. The number of nitrogens with one attached hydrogen (secondary N) is 1. The maximum Gasteiger partial charge on any atom is 0.329 e. The van der Waals surface area contributed by atoms with Crippen LogP contribution in [-0.2, 0) is 29.5 Å². The van der Waals surface area contributed by atoms with Gasteiger partial charge in [-0.2, -0.15) is 0 Å². The maximum absolute atomic E-state index is 12.7. The lowest BCUT2D eigenvalue weighted by molar-refractivity contribution is -0.144. The normalized spacial score (nSPS) is 26.7. The molecule has 0 amide bonds. The van der Waals surface area contributed by atoms with Gasteiger partial charge in [-0.3, -0.25) is 4.98 Å². The number of hydrogen-bond donors (Lipinski definition) is 2. The van der Waals surface area contributed by atoms with Gasteiger partial charge in [0.1, 0.15) is 11.3 Å². The van der Waals surface area contributed by atoms with E-state index in [1.807, 2.05) is 36.5 Å². The average molecular weight is 587 g/mol. The molecule has 3 aliphatic carbocycles. The number of carboxylic acid groups (broad SMARTS) is 1. The van der Waals surface area contributed by atoms with Crippen LogP contribution in [0.1, 0.15) is 81.7 Å². The van der Waals surface area contributed by atoms with E-state index in [0.29, 0.717) is 36.3 Å². The molecule has 1 aromatic heterocycles. The van der Waals surface area contributed by atoms with Crippen molar-refractivity contribution in [1.29, 1.82) is 0 Å². The van der Waals surface area contributed by atoms with Crippen molar-refractivity contribution in [1.82, 2.24) is 4.98 Å². The predicted octanol–water partition coefficient (Wildman–Crippen LogP) is 8.27. The van der Waals surface area contributed by atoms with Crippen LogP contribution in [0.25, 0.3) is 0 Å². The minimum Gasteiger partial charge on any atom is -0.493 e. The van der Waals surface area contributed by atoms with E-state index in [9.17, 15) is 9.90 Å². The first kappa shape index (κ1) is 29.0. The lowest BCUT2D eigenvalue weighted by Crippen LogP contribution is -2.53. The Labute approximate surface area is 255 Å². The monoisotopic (exact) mass is 586 g/mol. The molecule has 1 heterocycles. The molecule has 6 rings (SSSR count). The van der Waals surface area contributed by atoms with Gasteiger partial charge in [0.25, 0.3) is 0 Å². The third-order valence-corrected chi connectivity index (χ3v) is 10.7. The average Bonchev–Trinajstić information content (AvgIpc) is 3.25. The molecular weight excluding hydrogens is 544 g/mol. The molecule has 3 aliphatic rings. The fourth-order valence-corrected chi connectivity index (χ4v) is 8.26. The molecule has 1 spiro atoms. The Bertz CT molecular complexity index is 1460. The summed E-state index contributed by atoms with van der Waals surface area (Å²) in [7, 11) is 0. The molecule has 0 bridgehead atoms. The molecule has 0 saturated heterocycles. The highest BCUT2D eigenvalue weighted by molar-refractivity contribution is 6.30. The van der Waals surface area contributed by atoms with E-state index in [1.54, 1.807) is 0 Å². The van der Waals surface area contributed by atoms with Crippen molar-refractivity contribution in [3.05, 3.63) is 88.2 Å². The van der Waals surface area contributed by atoms with Crippen molar-refractivity contribution >= 4 is 23.3 Å². The summed E-state index contributed by atoms with van der Waals surface area (Å²) in [5.74, 6) is 1.04. The summed E-state index contributed by atoms with van der Waals surface area (Å²) in [6.45, 7) is 7.65. The smallest absolute Gasteiger partial charge is 0.329 e. The number of ether oxygens (including phenoxy) is 1. The van der Waals surface area contributed by atoms with Gasteiger partial charge in [0, 0.05) is 28.2 Å². The van der Waals surface area contributed by atoms with Crippen LogP contribution in [0.15, 0.2) is 60.8 Å². The number of carbonyl (C=O) groups is 1. The number of carboxylic acids is 1. The second-order valence-electron chi connectivity index (χ2n) is 14.0. The Balaban J connectivity index is 1.18. The first-order chi connectivity index (χ1) is 20.1. The molecule has 1 unspecified atom stereocenters. The van der Waals surface area contributed by atoms with E-state index < -0.39 is 11.5 Å². The summed E-state index contributed by atoms with van der Waals surface area (Å²) >= 11 is 6.22. The van der Waals surface area contributed by atoms with Crippen LogP contribution in [0.2, 0.25) is 5.02 Å². The fourth-order valence-electron chi connectivity index (χ4n) is 8.07. The van der Waals surface area contributed by atoms with E-state index >= 15 is 0 Å². The van der Waals surface area contributed by atoms with E-state index in [2.05, 4.69) is 55.3 Å². The molecule has 5 nitrogen and oxygen atoms in total. The van der Waals surface area contributed by atoms with E-state index in [1.165, 1.54) is 22.4 Å². The van der Waals surface area contributed by atoms with Crippen LogP contribution in [0.4, 0.5) is 5.69 Å². The number of aliphatic carboxylic acids is 1. The van der Waals surface area contributed by atoms with Crippen molar-refractivity contribution in [2.24, 2.45) is 17.3 Å². The zero-order valence-corrected chi connectivity index (χ0v) is 25.8. The zero-order chi connectivity index (χ0) is 29.5. The molecule has 1 fully saturated rings. The van der Waals surface area contributed by atoms with Gasteiger partial charge < -0.3 is 15.2 Å². The van der Waals surface area contributed by atoms with Gasteiger partial charge in [-0.15, -0.1) is 0 Å². The minimum absolute atomic E-state index is 0.0142. The van der Waals surface area contributed by atoms with E-state index in [0.717, 1.165) is 56.4 Å². The van der Waals surface area contributed by atoms with Crippen LogP contribution in [0.5, 0.6) is 5.75 Å². The molecule has 1 saturated carbocycles. The Morgan fingerprint density at radius 1 is 1.10 bits per heavy atom. The lowest BCUT2D eigenvalue weighted by atomic mass is 9.59. The minimum atomic E-state index is -0.999. The third-order valence-electron chi connectivity index (χ3n) is 10.4. The number of halogens is 1. The summed E-state index contributed by atoms with van der Waals surface area (Å²) in [6, 6.07) is 18.3. The molecule has 0 aliphatic heterocycles. The Morgan fingerprint density at radius 3 is 2.64 bits per heavy atom. The second-order valence-corrected chi connectivity index (χ2v) is 14.4. The lowest BCUT2D eigenvalue weighted by Gasteiger charge is -2.47. The number of aryl methyl sites for hydroxylation is 1. The SMILES string of the molecule is C[C@@H](COc1ccnc2c1CC(C)(C)CC2)CC1Cc2ccccc2C12CCC(Nc1cccc(Cl)c1)(C(=O)O)CC2. The standard InChI is InChI=1S/C36H43ClN2O3/c1-24(23-42-32-12-18-38-31-11-13-34(2,3)22-29(31)32)19-26-20-25-7-4-5-10-30(25)35(26)14-16-36(17-15-35,33(40)41)39-28-9-6-8-27(37)21-28/h4-10,12,18,21,24,26,39H,11,13-17,19-20,22-23H2,1-3H3,(H,40,41)/t24-,26?,35?,36?/m1/s1. The van der Waals surface area contributed by atoms with Crippen LogP contribution >= 0.6 is 11.6 Å². The highest BCUT2D eigenvalue weighted by Gasteiger charge is 2.54. The van der Waals surface area contributed by atoms with Crippen molar-refractivity contribution in [3.63, 3.8) is 0 Å². The number of nitrogens with zero attached hydrogens (tertiary/aromatic N) is 1. The topological polar surface area (TPSA) is 71.5 Å². The number of hydrogen-bond acceptors (Lipinski definition) is 4. The van der Waals surface area contributed by atoms with Gasteiger partial charge >= 0.3 is 5.97 Å². The predicted molar refractivity (Wildman–Crippen MR) is 169 cm³/mol. The summed E-state index contributed by atoms with van der Waals surface area (Å²) in [6.07, 6.45) is 10.0. The van der Waals surface area contributed by atoms with E-state index in [-0.39, 0.29) is 10.8 Å². The van der Waals surface area contributed by atoms with Gasteiger partial charge in [-0.25, -0.2) is 4.79 Å². The van der Waals surface area contributed by atoms with Gasteiger partial charge in [-0.05, 0) is 116 Å². The molecule has 2 atom stereocenters. The van der Waals surface area contributed by atoms with Gasteiger partial charge in [0.2, 0.25) is 0 Å². The van der Waals surface area contributed by atoms with Crippen molar-refractivity contribution in [2.45, 2.75) is 89.5 Å². The quantitative estimate of drug-likeness (QED) is 0.278. The molecule has 2 N–H and O–H groups in total. The van der Waals surface area contributed by atoms with Crippen molar-refractivity contribution in [3.8, 4) is 5.75 Å². The summed E-state index contributed by atoms with van der Waals surface area (Å²) in [4.78, 5) is 17.4. The second kappa shape index (κ2) is 11.2. The van der Waals surface area contributed by atoms with Crippen LogP contribution in [0.3, 0.4) is 0 Å². The highest BCUT2D eigenvalue weighted by atomic mass is 35.5. The van der Waals surface area contributed by atoms with E-state index in [4.69, 9.17) is 16.3 Å². The van der Waals surface area contributed by atoms with Crippen molar-refractivity contribution in [2.75, 3.05) is 11.9 Å². The first-order valence-electron chi connectivity index (χ1n) is 15.5. The largest absolute Gasteiger partial charge is 0.493 e. The van der Waals surface area contributed by atoms with Gasteiger partial charge in [0.05, 0.1) is 6.61 Å².